The van der Waals surface area contributed by atoms with Gasteiger partial charge in [0.2, 0.25) is 0 Å². The molecule has 0 heterocycles. The van der Waals surface area contributed by atoms with Crippen LogP contribution in [0.1, 0.15) is 22.3 Å². The van der Waals surface area contributed by atoms with Crippen LogP contribution in [0.15, 0.2) is 57.5 Å². The van der Waals surface area contributed by atoms with Crippen molar-refractivity contribution in [2.75, 3.05) is 28.4 Å². The van der Waals surface area contributed by atoms with E-state index in [0.717, 1.165) is 87.6 Å². The molecule has 38 heavy (non-hydrogen) atoms. The summed E-state index contributed by atoms with van der Waals surface area (Å²) in [5.74, 6) is 3.02. The molecule has 0 bridgehead atoms. The summed E-state index contributed by atoms with van der Waals surface area (Å²) in [5.41, 5.74) is 10.1. The predicted octanol–water partition coefficient (Wildman–Crippen LogP) is 9.48. The van der Waals surface area contributed by atoms with E-state index in [4.69, 9.17) is 18.9 Å². The fraction of sp³-hybridized carbons (Fsp3) is 0.250. The number of halogens is 2. The highest BCUT2D eigenvalue weighted by Crippen LogP contribution is 2.50. The summed E-state index contributed by atoms with van der Waals surface area (Å²) in [6.45, 7) is 8.32. The van der Waals surface area contributed by atoms with Gasteiger partial charge >= 0.3 is 0 Å². The number of hydrogen-bond acceptors (Lipinski definition) is 4. The van der Waals surface area contributed by atoms with E-state index in [2.05, 4.69) is 108 Å². The lowest BCUT2D eigenvalue weighted by molar-refractivity contribution is 0.406. The minimum absolute atomic E-state index is 0.749. The summed E-state index contributed by atoms with van der Waals surface area (Å²) in [5, 5.41) is 0. The Balaban J connectivity index is 2.09. The van der Waals surface area contributed by atoms with E-state index >= 15 is 0 Å². The third-order valence-corrected chi connectivity index (χ3v) is 7.71. The van der Waals surface area contributed by atoms with Crippen molar-refractivity contribution in [3.8, 4) is 56.4 Å². The van der Waals surface area contributed by atoms with Crippen LogP contribution in [0.5, 0.6) is 23.0 Å². The SMILES string of the molecule is COc1c(Br)cc(C)cc1-c1cc(C)cc(-c2cc(C)cc(-c3cc(C)cc(Br)c3OC)c2OC)c1OC. The van der Waals surface area contributed by atoms with Crippen LogP contribution in [-0.2, 0) is 0 Å². The maximum Gasteiger partial charge on any atom is 0.141 e. The Morgan fingerprint density at radius 3 is 0.816 bits per heavy atom. The Labute approximate surface area is 242 Å². The molecule has 6 heteroatoms. The van der Waals surface area contributed by atoms with Crippen LogP contribution in [0.3, 0.4) is 0 Å². The molecule has 0 N–H and O–H groups in total. The van der Waals surface area contributed by atoms with Crippen molar-refractivity contribution in [2.45, 2.75) is 27.7 Å². The zero-order valence-electron chi connectivity index (χ0n) is 23.0. The second-order valence-electron chi connectivity index (χ2n) is 9.44. The standard InChI is InChI=1S/C32H32Br2O4/c1-17-9-21(29(35-5)23(11-17)25-13-19(3)15-27(33)31(25)37-7)22-10-18(2)12-24(30(22)36-6)26-14-20(4)16-28(34)32(26)38-8/h9-16H,1-8H3. The molecule has 4 aromatic carbocycles. The van der Waals surface area contributed by atoms with E-state index in [1.807, 2.05) is 0 Å². The molecule has 4 nitrogen and oxygen atoms in total. The molecule has 0 saturated heterocycles. The number of hydrogen-bond donors (Lipinski definition) is 0. The van der Waals surface area contributed by atoms with Gasteiger partial charge in [0.15, 0.2) is 0 Å². The largest absolute Gasteiger partial charge is 0.495 e. The molecule has 0 spiro atoms. The van der Waals surface area contributed by atoms with E-state index in [9.17, 15) is 0 Å². The molecule has 0 atom stereocenters. The van der Waals surface area contributed by atoms with Crippen molar-refractivity contribution >= 4 is 31.9 Å². The molecule has 0 unspecified atom stereocenters. The smallest absolute Gasteiger partial charge is 0.141 e. The first kappa shape index (κ1) is 28.1. The molecule has 4 rings (SSSR count). The molecule has 0 aromatic heterocycles. The molecule has 198 valence electrons. The number of ether oxygens (including phenoxy) is 4. The molecule has 0 aliphatic rings. The predicted molar refractivity (Wildman–Crippen MR) is 163 cm³/mol. The Bertz CT molecular complexity index is 1410. The molecule has 4 aromatic rings. The highest BCUT2D eigenvalue weighted by molar-refractivity contribution is 9.11. The Morgan fingerprint density at radius 1 is 0.368 bits per heavy atom. The van der Waals surface area contributed by atoms with Gasteiger partial charge < -0.3 is 18.9 Å². The first-order chi connectivity index (χ1) is 18.1. The van der Waals surface area contributed by atoms with Crippen molar-refractivity contribution in [1.29, 1.82) is 0 Å². The van der Waals surface area contributed by atoms with Crippen LogP contribution in [0.25, 0.3) is 33.4 Å². The lowest BCUT2D eigenvalue weighted by Gasteiger charge is -2.22. The highest BCUT2D eigenvalue weighted by Gasteiger charge is 2.24. The van der Waals surface area contributed by atoms with Crippen molar-refractivity contribution in [3.05, 3.63) is 79.7 Å². The van der Waals surface area contributed by atoms with E-state index in [1.54, 1.807) is 28.4 Å². The molecule has 0 aliphatic carbocycles. The minimum atomic E-state index is 0.749. The number of methoxy groups -OCH3 is 4. The van der Waals surface area contributed by atoms with Gasteiger partial charge in [-0.15, -0.1) is 0 Å². The first-order valence-electron chi connectivity index (χ1n) is 12.2. The van der Waals surface area contributed by atoms with Gasteiger partial charge in [-0.05, 0) is 130 Å². The van der Waals surface area contributed by atoms with Crippen LogP contribution in [0.2, 0.25) is 0 Å². The lowest BCUT2D eigenvalue weighted by Crippen LogP contribution is -2.00. The summed E-state index contributed by atoms with van der Waals surface area (Å²) in [4.78, 5) is 0. The van der Waals surface area contributed by atoms with Gasteiger partial charge in [-0.3, -0.25) is 0 Å². The molecule has 0 saturated carbocycles. The Hall–Kier alpha value is -2.96. The van der Waals surface area contributed by atoms with Gasteiger partial charge in [0.05, 0.1) is 37.4 Å². The van der Waals surface area contributed by atoms with Crippen molar-refractivity contribution in [1.82, 2.24) is 0 Å². The summed E-state index contributed by atoms with van der Waals surface area (Å²) >= 11 is 7.35. The molecular weight excluding hydrogens is 608 g/mol. The summed E-state index contributed by atoms with van der Waals surface area (Å²) < 4.78 is 25.7. The highest BCUT2D eigenvalue weighted by atomic mass is 79.9. The number of benzene rings is 4. The van der Waals surface area contributed by atoms with E-state index < -0.39 is 0 Å². The van der Waals surface area contributed by atoms with Crippen LogP contribution < -0.4 is 18.9 Å². The maximum absolute atomic E-state index is 6.13. The normalized spacial score (nSPS) is 10.9. The average molecular weight is 640 g/mol. The molecule has 0 amide bonds. The van der Waals surface area contributed by atoms with Crippen molar-refractivity contribution in [2.24, 2.45) is 0 Å². The van der Waals surface area contributed by atoms with Gasteiger partial charge in [0, 0.05) is 33.4 Å². The number of aryl methyl sites for hydroxylation is 4. The van der Waals surface area contributed by atoms with E-state index in [-0.39, 0.29) is 0 Å². The van der Waals surface area contributed by atoms with E-state index in [0.29, 0.717) is 0 Å². The summed E-state index contributed by atoms with van der Waals surface area (Å²) in [6, 6.07) is 16.9. The molecule has 0 radical (unpaired) electrons. The Morgan fingerprint density at radius 2 is 0.579 bits per heavy atom. The summed E-state index contributed by atoms with van der Waals surface area (Å²) in [7, 11) is 6.79. The van der Waals surface area contributed by atoms with Gasteiger partial charge in [-0.2, -0.15) is 0 Å². The Kier molecular flexibility index (Phi) is 8.43. The van der Waals surface area contributed by atoms with Crippen molar-refractivity contribution in [3.63, 3.8) is 0 Å². The first-order valence-corrected chi connectivity index (χ1v) is 13.8. The van der Waals surface area contributed by atoms with Crippen molar-refractivity contribution < 1.29 is 18.9 Å². The topological polar surface area (TPSA) is 36.9 Å². The monoisotopic (exact) mass is 638 g/mol. The van der Waals surface area contributed by atoms with Gasteiger partial charge in [0.1, 0.15) is 23.0 Å². The second kappa shape index (κ2) is 11.4. The fourth-order valence-electron chi connectivity index (χ4n) is 5.06. The summed E-state index contributed by atoms with van der Waals surface area (Å²) in [6.07, 6.45) is 0. The van der Waals surface area contributed by atoms with Crippen LogP contribution in [0.4, 0.5) is 0 Å². The third kappa shape index (κ3) is 5.16. The minimum Gasteiger partial charge on any atom is -0.495 e. The van der Waals surface area contributed by atoms with Crippen LogP contribution in [-0.4, -0.2) is 28.4 Å². The average Bonchev–Trinajstić information content (AvgIpc) is 2.86. The van der Waals surface area contributed by atoms with Gasteiger partial charge in [-0.1, -0.05) is 0 Å². The van der Waals surface area contributed by atoms with E-state index in [1.165, 1.54) is 0 Å². The zero-order valence-corrected chi connectivity index (χ0v) is 26.2. The number of rotatable bonds is 7. The quantitative estimate of drug-likeness (QED) is 0.202. The molecule has 0 aliphatic heterocycles. The second-order valence-corrected chi connectivity index (χ2v) is 11.2. The fourth-order valence-corrected chi connectivity index (χ4v) is 6.53. The van der Waals surface area contributed by atoms with Gasteiger partial charge in [-0.25, -0.2) is 0 Å². The van der Waals surface area contributed by atoms with Gasteiger partial charge in [0.25, 0.3) is 0 Å². The van der Waals surface area contributed by atoms with Crippen LogP contribution >= 0.6 is 31.9 Å². The molecule has 0 fully saturated rings. The van der Waals surface area contributed by atoms with Crippen LogP contribution in [0, 0.1) is 27.7 Å². The third-order valence-electron chi connectivity index (χ3n) is 6.53. The maximum atomic E-state index is 6.13. The zero-order chi connectivity index (χ0) is 27.7. The molecular formula is C32H32Br2O4. The lowest BCUT2D eigenvalue weighted by atomic mass is 9.90.